The fourth-order valence-corrected chi connectivity index (χ4v) is 3.02. The molecule has 136 valence electrons. The van der Waals surface area contributed by atoms with Crippen molar-refractivity contribution < 1.29 is 13.5 Å². The van der Waals surface area contributed by atoms with Gasteiger partial charge in [-0.15, -0.1) is 0 Å². The SMILES string of the molecule is Cc1c(-c2ccncc2)ncc(OC[C@@](C)(N)CC(C)C)c1C(F)F. The van der Waals surface area contributed by atoms with E-state index in [9.17, 15) is 8.78 Å². The molecule has 0 fully saturated rings. The molecule has 0 unspecified atom stereocenters. The van der Waals surface area contributed by atoms with Gasteiger partial charge >= 0.3 is 0 Å². The topological polar surface area (TPSA) is 61.0 Å². The molecule has 2 heterocycles. The van der Waals surface area contributed by atoms with Gasteiger partial charge in [0.2, 0.25) is 0 Å². The van der Waals surface area contributed by atoms with E-state index in [0.29, 0.717) is 17.2 Å². The largest absolute Gasteiger partial charge is 0.490 e. The number of alkyl halides is 2. The Balaban J connectivity index is 2.32. The average Bonchev–Trinajstić information content (AvgIpc) is 2.52. The molecule has 4 nitrogen and oxygen atoms in total. The van der Waals surface area contributed by atoms with Gasteiger partial charge in [0.15, 0.2) is 0 Å². The number of aromatic nitrogens is 2. The van der Waals surface area contributed by atoms with Crippen LogP contribution in [0, 0.1) is 12.8 Å². The van der Waals surface area contributed by atoms with Crippen LogP contribution in [0.25, 0.3) is 11.3 Å². The standard InChI is InChI=1S/C19H25F2N3O/c1-12(2)9-19(4,22)11-25-15-10-24-17(13(3)16(15)18(20)21)14-5-7-23-8-6-14/h5-8,10,12,18H,9,11,22H2,1-4H3/t19-/m0/s1. The van der Waals surface area contributed by atoms with Gasteiger partial charge in [-0.05, 0) is 43.9 Å². The first-order valence-corrected chi connectivity index (χ1v) is 8.31. The lowest BCUT2D eigenvalue weighted by Crippen LogP contribution is -2.43. The van der Waals surface area contributed by atoms with Crippen LogP contribution >= 0.6 is 0 Å². The molecule has 2 N–H and O–H groups in total. The van der Waals surface area contributed by atoms with Gasteiger partial charge in [0.05, 0.1) is 17.5 Å². The van der Waals surface area contributed by atoms with Crippen LogP contribution in [0.1, 0.15) is 44.7 Å². The first kappa shape index (κ1) is 19.2. The lowest BCUT2D eigenvalue weighted by molar-refractivity contribution is 0.139. The Bertz CT molecular complexity index is 703. The minimum atomic E-state index is -2.66. The molecule has 2 aromatic rings. The minimum absolute atomic E-state index is 0.0886. The maximum Gasteiger partial charge on any atom is 0.267 e. The third-order valence-corrected chi connectivity index (χ3v) is 3.94. The molecular formula is C19H25F2N3O. The molecule has 0 bridgehead atoms. The second-order valence-electron chi connectivity index (χ2n) is 7.09. The Kier molecular flexibility index (Phi) is 6.06. The molecule has 2 aromatic heterocycles. The molecular weight excluding hydrogens is 324 g/mol. The van der Waals surface area contributed by atoms with Crippen LogP contribution in [-0.2, 0) is 0 Å². The Hall–Kier alpha value is -2.08. The molecule has 0 aliphatic heterocycles. The van der Waals surface area contributed by atoms with Crippen LogP contribution in [0.2, 0.25) is 0 Å². The van der Waals surface area contributed by atoms with Crippen molar-refractivity contribution in [3.63, 3.8) is 0 Å². The quantitative estimate of drug-likeness (QED) is 0.798. The Labute approximate surface area is 147 Å². The fourth-order valence-electron chi connectivity index (χ4n) is 3.02. The van der Waals surface area contributed by atoms with E-state index in [4.69, 9.17) is 10.5 Å². The Morgan fingerprint density at radius 3 is 2.44 bits per heavy atom. The van der Waals surface area contributed by atoms with Crippen LogP contribution < -0.4 is 10.5 Å². The van der Waals surface area contributed by atoms with Crippen molar-refractivity contribution in [1.29, 1.82) is 0 Å². The molecule has 2 rings (SSSR count). The van der Waals surface area contributed by atoms with Gasteiger partial charge < -0.3 is 10.5 Å². The summed E-state index contributed by atoms with van der Waals surface area (Å²) in [4.78, 5) is 8.27. The molecule has 0 aliphatic carbocycles. The van der Waals surface area contributed by atoms with Crippen molar-refractivity contribution in [2.45, 2.75) is 46.1 Å². The summed E-state index contributed by atoms with van der Waals surface area (Å²) in [6.45, 7) is 7.77. The lowest BCUT2D eigenvalue weighted by Gasteiger charge is -2.27. The summed E-state index contributed by atoms with van der Waals surface area (Å²) in [7, 11) is 0. The molecule has 0 saturated carbocycles. The highest BCUT2D eigenvalue weighted by Gasteiger charge is 2.25. The average molecular weight is 349 g/mol. The van der Waals surface area contributed by atoms with E-state index in [0.717, 1.165) is 12.0 Å². The Morgan fingerprint density at radius 2 is 1.88 bits per heavy atom. The van der Waals surface area contributed by atoms with Crippen molar-refractivity contribution in [3.8, 4) is 17.0 Å². The summed E-state index contributed by atoms with van der Waals surface area (Å²) in [5.74, 6) is 0.479. The predicted octanol–water partition coefficient (Wildman–Crippen LogP) is 4.53. The van der Waals surface area contributed by atoms with Crippen molar-refractivity contribution in [1.82, 2.24) is 9.97 Å². The highest BCUT2D eigenvalue weighted by atomic mass is 19.3. The van der Waals surface area contributed by atoms with E-state index in [1.807, 2.05) is 6.92 Å². The van der Waals surface area contributed by atoms with Gasteiger partial charge in [0, 0.05) is 23.5 Å². The number of halogens is 2. The third kappa shape index (κ3) is 4.95. The summed E-state index contributed by atoms with van der Waals surface area (Å²) in [6.07, 6.45) is 2.64. The number of rotatable bonds is 7. The van der Waals surface area contributed by atoms with Crippen LogP contribution in [0.3, 0.4) is 0 Å². The second-order valence-corrected chi connectivity index (χ2v) is 7.09. The highest BCUT2D eigenvalue weighted by molar-refractivity contribution is 5.65. The summed E-state index contributed by atoms with van der Waals surface area (Å²) in [6, 6.07) is 3.48. The summed E-state index contributed by atoms with van der Waals surface area (Å²) in [5, 5.41) is 0. The van der Waals surface area contributed by atoms with E-state index in [-0.39, 0.29) is 17.9 Å². The van der Waals surface area contributed by atoms with Gasteiger partial charge in [0.25, 0.3) is 6.43 Å². The van der Waals surface area contributed by atoms with Gasteiger partial charge in [0.1, 0.15) is 12.4 Å². The van der Waals surface area contributed by atoms with Gasteiger partial charge in [-0.2, -0.15) is 0 Å². The third-order valence-electron chi connectivity index (χ3n) is 3.94. The Morgan fingerprint density at radius 1 is 1.24 bits per heavy atom. The fraction of sp³-hybridized carbons (Fsp3) is 0.474. The zero-order valence-corrected chi connectivity index (χ0v) is 15.1. The van der Waals surface area contributed by atoms with E-state index < -0.39 is 12.0 Å². The number of hydrogen-bond acceptors (Lipinski definition) is 4. The van der Waals surface area contributed by atoms with Gasteiger partial charge in [-0.1, -0.05) is 13.8 Å². The number of nitrogens with two attached hydrogens (primary N) is 1. The van der Waals surface area contributed by atoms with Crippen LogP contribution in [0.5, 0.6) is 5.75 Å². The summed E-state index contributed by atoms with van der Waals surface area (Å²) < 4.78 is 33.0. The van der Waals surface area contributed by atoms with E-state index in [1.165, 1.54) is 6.20 Å². The van der Waals surface area contributed by atoms with E-state index in [1.54, 1.807) is 31.5 Å². The van der Waals surface area contributed by atoms with Crippen LogP contribution in [0.4, 0.5) is 8.78 Å². The number of pyridine rings is 2. The molecule has 0 amide bonds. The van der Waals surface area contributed by atoms with Crippen LogP contribution in [0.15, 0.2) is 30.7 Å². The number of nitrogens with zero attached hydrogens (tertiary/aromatic N) is 2. The second kappa shape index (κ2) is 7.87. The van der Waals surface area contributed by atoms with Crippen molar-refractivity contribution in [2.24, 2.45) is 11.7 Å². The van der Waals surface area contributed by atoms with E-state index >= 15 is 0 Å². The summed E-state index contributed by atoms with van der Waals surface area (Å²) in [5.41, 5.74) is 7.13. The maximum atomic E-state index is 13.7. The molecule has 25 heavy (non-hydrogen) atoms. The number of ether oxygens (including phenoxy) is 1. The zero-order valence-electron chi connectivity index (χ0n) is 15.1. The normalized spacial score (nSPS) is 14.0. The van der Waals surface area contributed by atoms with Gasteiger partial charge in [-0.25, -0.2) is 8.78 Å². The highest BCUT2D eigenvalue weighted by Crippen LogP contribution is 2.36. The monoisotopic (exact) mass is 349 g/mol. The minimum Gasteiger partial charge on any atom is -0.490 e. The number of hydrogen-bond donors (Lipinski definition) is 1. The molecule has 0 aliphatic rings. The summed E-state index contributed by atoms with van der Waals surface area (Å²) >= 11 is 0. The molecule has 0 radical (unpaired) electrons. The maximum absolute atomic E-state index is 13.7. The smallest absolute Gasteiger partial charge is 0.267 e. The van der Waals surface area contributed by atoms with Crippen molar-refractivity contribution in [3.05, 3.63) is 41.9 Å². The molecule has 0 spiro atoms. The lowest BCUT2D eigenvalue weighted by atomic mass is 9.93. The molecule has 0 aromatic carbocycles. The molecule has 6 heteroatoms. The van der Waals surface area contributed by atoms with Gasteiger partial charge in [-0.3, -0.25) is 9.97 Å². The first-order chi connectivity index (χ1) is 11.7. The predicted molar refractivity (Wildman–Crippen MR) is 94.7 cm³/mol. The van der Waals surface area contributed by atoms with E-state index in [2.05, 4.69) is 23.8 Å². The molecule has 0 saturated heterocycles. The first-order valence-electron chi connectivity index (χ1n) is 8.31. The molecule has 1 atom stereocenters. The van der Waals surface area contributed by atoms with Crippen molar-refractivity contribution in [2.75, 3.05) is 6.61 Å². The van der Waals surface area contributed by atoms with Crippen molar-refractivity contribution >= 4 is 0 Å². The zero-order chi connectivity index (χ0) is 18.6. The van der Waals surface area contributed by atoms with Crippen LogP contribution in [-0.4, -0.2) is 22.1 Å².